The van der Waals surface area contributed by atoms with Gasteiger partial charge in [0.25, 0.3) is 0 Å². The van der Waals surface area contributed by atoms with Crippen LogP contribution in [0.1, 0.15) is 18.1 Å². The molecule has 0 fully saturated rings. The first-order chi connectivity index (χ1) is 9.61. The highest BCUT2D eigenvalue weighted by molar-refractivity contribution is 9.10. The lowest BCUT2D eigenvalue weighted by Gasteiger charge is -2.05. The largest absolute Gasteiger partial charge is 0.491 e. The van der Waals surface area contributed by atoms with Crippen molar-refractivity contribution < 1.29 is 13.5 Å². The van der Waals surface area contributed by atoms with Crippen molar-refractivity contribution in [3.8, 4) is 17.6 Å². The second-order valence-corrected chi connectivity index (χ2v) is 4.84. The first-order valence-corrected chi connectivity index (χ1v) is 6.79. The SMILES string of the molecule is CCOc1ccc(C#Cc2ccc(Br)cc2)c(F)c1F. The fourth-order valence-corrected chi connectivity index (χ4v) is 1.83. The third-order valence-electron chi connectivity index (χ3n) is 2.53. The lowest BCUT2D eigenvalue weighted by atomic mass is 10.1. The highest BCUT2D eigenvalue weighted by Gasteiger charge is 2.12. The van der Waals surface area contributed by atoms with Crippen LogP contribution in [0, 0.1) is 23.5 Å². The molecule has 0 aliphatic heterocycles. The van der Waals surface area contributed by atoms with E-state index in [4.69, 9.17) is 4.74 Å². The standard InChI is InChI=1S/C16H11BrF2O/c1-2-20-14-10-7-12(15(18)16(14)19)6-3-11-4-8-13(17)9-5-11/h4-5,7-10H,2H2,1H3. The molecule has 0 spiro atoms. The number of halogens is 3. The summed E-state index contributed by atoms with van der Waals surface area (Å²) in [5, 5.41) is 0. The second-order valence-electron chi connectivity index (χ2n) is 3.93. The normalized spacial score (nSPS) is 9.80. The first kappa shape index (κ1) is 14.5. The van der Waals surface area contributed by atoms with Crippen molar-refractivity contribution in [1.82, 2.24) is 0 Å². The van der Waals surface area contributed by atoms with Crippen molar-refractivity contribution in [2.45, 2.75) is 6.92 Å². The van der Waals surface area contributed by atoms with Gasteiger partial charge in [-0.3, -0.25) is 0 Å². The molecule has 0 aliphatic carbocycles. The van der Waals surface area contributed by atoms with Gasteiger partial charge in [-0.25, -0.2) is 4.39 Å². The van der Waals surface area contributed by atoms with Gasteiger partial charge in [0.05, 0.1) is 12.2 Å². The minimum absolute atomic E-state index is 0.00821. The average Bonchev–Trinajstić information content (AvgIpc) is 2.45. The van der Waals surface area contributed by atoms with Gasteiger partial charge in [-0.05, 0) is 43.3 Å². The molecule has 2 aromatic carbocycles. The molecule has 4 heteroatoms. The number of hydrogen-bond acceptors (Lipinski definition) is 1. The molecule has 0 radical (unpaired) electrons. The van der Waals surface area contributed by atoms with Crippen LogP contribution >= 0.6 is 15.9 Å². The van der Waals surface area contributed by atoms with Gasteiger partial charge in [-0.15, -0.1) is 0 Å². The Balaban J connectivity index is 2.31. The average molecular weight is 337 g/mol. The summed E-state index contributed by atoms with van der Waals surface area (Å²) in [7, 11) is 0. The minimum Gasteiger partial charge on any atom is -0.491 e. The molecule has 102 valence electrons. The Morgan fingerprint density at radius 1 is 1.00 bits per heavy atom. The number of ether oxygens (including phenoxy) is 1. The monoisotopic (exact) mass is 336 g/mol. The van der Waals surface area contributed by atoms with Crippen LogP contribution in [0.5, 0.6) is 5.75 Å². The molecule has 2 rings (SSSR count). The number of benzene rings is 2. The Hall–Kier alpha value is -1.86. The van der Waals surface area contributed by atoms with Gasteiger partial charge in [0.2, 0.25) is 5.82 Å². The summed E-state index contributed by atoms with van der Waals surface area (Å²) in [6.07, 6.45) is 0. The van der Waals surface area contributed by atoms with Crippen LogP contribution in [-0.2, 0) is 0 Å². The maximum Gasteiger partial charge on any atom is 0.201 e. The molecule has 1 nitrogen and oxygen atoms in total. The van der Waals surface area contributed by atoms with Crippen molar-refractivity contribution in [1.29, 1.82) is 0 Å². The molecular weight excluding hydrogens is 326 g/mol. The van der Waals surface area contributed by atoms with Crippen LogP contribution in [0.4, 0.5) is 8.78 Å². The lowest BCUT2D eigenvalue weighted by Crippen LogP contribution is -1.98. The van der Waals surface area contributed by atoms with Gasteiger partial charge in [0.1, 0.15) is 0 Å². The molecule has 0 atom stereocenters. The molecule has 0 bridgehead atoms. The summed E-state index contributed by atoms with van der Waals surface area (Å²) >= 11 is 3.31. The molecule has 0 heterocycles. The Bertz CT molecular complexity index is 669. The topological polar surface area (TPSA) is 9.23 Å². The molecule has 20 heavy (non-hydrogen) atoms. The minimum atomic E-state index is -1.01. The van der Waals surface area contributed by atoms with Crippen molar-refractivity contribution in [2.75, 3.05) is 6.61 Å². The predicted molar refractivity (Wildman–Crippen MR) is 77.6 cm³/mol. The predicted octanol–water partition coefficient (Wildman–Crippen LogP) is 4.53. The maximum atomic E-state index is 13.8. The van der Waals surface area contributed by atoms with Crippen LogP contribution in [0.25, 0.3) is 0 Å². The van der Waals surface area contributed by atoms with Gasteiger partial charge in [-0.1, -0.05) is 27.8 Å². The molecule has 0 amide bonds. The summed E-state index contributed by atoms with van der Waals surface area (Å²) in [4.78, 5) is 0. The summed E-state index contributed by atoms with van der Waals surface area (Å²) in [6.45, 7) is 1.98. The van der Waals surface area contributed by atoms with E-state index in [1.165, 1.54) is 12.1 Å². The molecular formula is C16H11BrF2O. The van der Waals surface area contributed by atoms with E-state index < -0.39 is 11.6 Å². The van der Waals surface area contributed by atoms with E-state index in [0.29, 0.717) is 0 Å². The fraction of sp³-hybridized carbons (Fsp3) is 0.125. The Labute approximate surface area is 124 Å². The molecule has 0 aliphatic rings. The second kappa shape index (κ2) is 6.53. The van der Waals surface area contributed by atoms with Crippen molar-refractivity contribution in [2.24, 2.45) is 0 Å². The Morgan fingerprint density at radius 2 is 1.70 bits per heavy atom. The van der Waals surface area contributed by atoms with Gasteiger partial charge in [-0.2, -0.15) is 4.39 Å². The highest BCUT2D eigenvalue weighted by atomic mass is 79.9. The summed E-state index contributed by atoms with van der Waals surface area (Å²) in [5.74, 6) is 3.32. The van der Waals surface area contributed by atoms with E-state index in [2.05, 4.69) is 27.8 Å². The van der Waals surface area contributed by atoms with Crippen molar-refractivity contribution in [3.63, 3.8) is 0 Å². The molecule has 2 aromatic rings. The highest BCUT2D eigenvalue weighted by Crippen LogP contribution is 2.22. The lowest BCUT2D eigenvalue weighted by molar-refractivity contribution is 0.314. The van der Waals surface area contributed by atoms with E-state index in [1.807, 2.05) is 12.1 Å². The van der Waals surface area contributed by atoms with E-state index in [0.717, 1.165) is 10.0 Å². The smallest absolute Gasteiger partial charge is 0.201 e. The third-order valence-corrected chi connectivity index (χ3v) is 3.06. The quantitative estimate of drug-likeness (QED) is 0.732. The molecule has 0 N–H and O–H groups in total. The maximum absolute atomic E-state index is 13.8. The third kappa shape index (κ3) is 3.37. The number of rotatable bonds is 2. The Morgan fingerprint density at radius 3 is 2.35 bits per heavy atom. The van der Waals surface area contributed by atoms with Crippen LogP contribution < -0.4 is 4.74 Å². The van der Waals surface area contributed by atoms with Crippen LogP contribution in [-0.4, -0.2) is 6.61 Å². The van der Waals surface area contributed by atoms with Crippen molar-refractivity contribution in [3.05, 3.63) is 63.6 Å². The van der Waals surface area contributed by atoms with Gasteiger partial charge < -0.3 is 4.74 Å². The van der Waals surface area contributed by atoms with Crippen LogP contribution in [0.3, 0.4) is 0 Å². The van der Waals surface area contributed by atoms with E-state index >= 15 is 0 Å². The molecule has 0 saturated carbocycles. The fourth-order valence-electron chi connectivity index (χ4n) is 1.57. The zero-order valence-corrected chi connectivity index (χ0v) is 12.3. The van der Waals surface area contributed by atoms with Gasteiger partial charge >= 0.3 is 0 Å². The van der Waals surface area contributed by atoms with Crippen LogP contribution in [0.15, 0.2) is 40.9 Å². The van der Waals surface area contributed by atoms with E-state index in [9.17, 15) is 8.78 Å². The summed E-state index contributed by atoms with van der Waals surface area (Å²) in [5.41, 5.74) is 0.732. The van der Waals surface area contributed by atoms with Gasteiger partial charge in [0.15, 0.2) is 11.6 Å². The molecule has 0 unspecified atom stereocenters. The van der Waals surface area contributed by atoms with Crippen molar-refractivity contribution >= 4 is 15.9 Å². The number of hydrogen-bond donors (Lipinski definition) is 0. The molecule has 0 saturated heterocycles. The van der Waals surface area contributed by atoms with Crippen LogP contribution in [0.2, 0.25) is 0 Å². The zero-order chi connectivity index (χ0) is 14.5. The zero-order valence-electron chi connectivity index (χ0n) is 10.7. The van der Waals surface area contributed by atoms with E-state index in [-0.39, 0.29) is 17.9 Å². The molecule has 0 aromatic heterocycles. The van der Waals surface area contributed by atoms with Gasteiger partial charge in [0, 0.05) is 10.0 Å². The summed E-state index contributed by atoms with van der Waals surface area (Å²) in [6, 6.07) is 10.0. The Kier molecular flexibility index (Phi) is 4.75. The first-order valence-electron chi connectivity index (χ1n) is 6.00. The van der Waals surface area contributed by atoms with E-state index in [1.54, 1.807) is 19.1 Å². The summed E-state index contributed by atoms with van der Waals surface area (Å²) < 4.78 is 33.4.